The third kappa shape index (κ3) is 1.60. The van der Waals surface area contributed by atoms with Gasteiger partial charge in [-0.05, 0) is 26.0 Å². The molecule has 0 unspecified atom stereocenters. The third-order valence-electron chi connectivity index (χ3n) is 1.17. The molecule has 10 heavy (non-hydrogen) atoms. The van der Waals surface area contributed by atoms with Crippen molar-refractivity contribution in [1.82, 2.24) is 4.98 Å². The van der Waals surface area contributed by atoms with Gasteiger partial charge in [0.1, 0.15) is 0 Å². The number of aryl methyl sites for hydroxylation is 1. The zero-order valence-electron chi connectivity index (χ0n) is 6.18. The average molecular weight is 131 g/mol. The van der Waals surface area contributed by atoms with Crippen molar-refractivity contribution in [3.05, 3.63) is 29.6 Å². The maximum atomic E-state index is 4.05. The van der Waals surface area contributed by atoms with Crippen LogP contribution in [0.25, 0.3) is 0 Å². The van der Waals surface area contributed by atoms with Crippen molar-refractivity contribution >= 4 is 0 Å². The first-order valence-electron chi connectivity index (χ1n) is 3.18. The predicted octanol–water partition coefficient (Wildman–Crippen LogP) is 1.76. The first-order chi connectivity index (χ1) is 4.83. The first-order valence-corrected chi connectivity index (χ1v) is 3.18. The second-order valence-corrected chi connectivity index (χ2v) is 2.06. The van der Waals surface area contributed by atoms with E-state index in [-0.39, 0.29) is 0 Å². The van der Waals surface area contributed by atoms with Crippen LogP contribution >= 0.6 is 0 Å². The Balaban J connectivity index is 3.03. The molecule has 0 radical (unpaired) electrons. The van der Waals surface area contributed by atoms with Crippen LogP contribution in [0.4, 0.5) is 0 Å². The molecule has 0 fully saturated rings. The normalized spacial score (nSPS) is 8.20. The minimum absolute atomic E-state index is 1.01. The zero-order valence-corrected chi connectivity index (χ0v) is 6.18. The van der Waals surface area contributed by atoms with Crippen molar-refractivity contribution in [1.29, 1.82) is 0 Å². The molecular formula is C9H9N. The molecule has 0 aromatic carbocycles. The molecule has 0 aliphatic carbocycles. The van der Waals surface area contributed by atoms with Gasteiger partial charge in [0.15, 0.2) is 0 Å². The fourth-order valence-electron chi connectivity index (χ4n) is 0.768. The van der Waals surface area contributed by atoms with E-state index in [0.29, 0.717) is 0 Å². The van der Waals surface area contributed by atoms with Crippen molar-refractivity contribution < 1.29 is 0 Å². The fraction of sp³-hybridized carbons (Fsp3) is 0.222. The molecule has 0 amide bonds. The minimum Gasteiger partial charge on any atom is -0.262 e. The lowest BCUT2D eigenvalue weighted by atomic mass is 10.2. The van der Waals surface area contributed by atoms with E-state index < -0.39 is 0 Å². The summed E-state index contributed by atoms with van der Waals surface area (Å²) in [6.45, 7) is 3.79. The highest BCUT2D eigenvalue weighted by Crippen LogP contribution is 1.97. The molecule has 50 valence electrons. The van der Waals surface area contributed by atoms with E-state index in [1.54, 1.807) is 6.20 Å². The first kappa shape index (κ1) is 6.82. The summed E-state index contributed by atoms with van der Waals surface area (Å²) in [4.78, 5) is 4.05. The van der Waals surface area contributed by atoms with Gasteiger partial charge in [0.2, 0.25) is 0 Å². The molecule has 0 saturated carbocycles. The number of pyridine rings is 1. The van der Waals surface area contributed by atoms with E-state index >= 15 is 0 Å². The van der Waals surface area contributed by atoms with Gasteiger partial charge in [-0.15, -0.1) is 5.92 Å². The zero-order chi connectivity index (χ0) is 7.40. The molecule has 0 spiro atoms. The lowest BCUT2D eigenvalue weighted by molar-refractivity contribution is 1.19. The molecule has 0 saturated heterocycles. The molecule has 1 aromatic rings. The highest BCUT2D eigenvalue weighted by molar-refractivity contribution is 5.33. The Morgan fingerprint density at radius 2 is 2.30 bits per heavy atom. The topological polar surface area (TPSA) is 12.9 Å². The smallest absolute Gasteiger partial charge is 0.0385 e. The average Bonchev–Trinajstić information content (AvgIpc) is 1.88. The summed E-state index contributed by atoms with van der Waals surface area (Å²) in [6.07, 6.45) is 1.77. The Bertz CT molecular complexity index is 278. The molecule has 1 aromatic heterocycles. The van der Waals surface area contributed by atoms with Crippen LogP contribution in [0.3, 0.4) is 0 Å². The maximum absolute atomic E-state index is 4.05. The number of rotatable bonds is 0. The van der Waals surface area contributed by atoms with E-state index in [1.165, 1.54) is 0 Å². The molecular weight excluding hydrogens is 122 g/mol. The van der Waals surface area contributed by atoms with Gasteiger partial charge in [-0.1, -0.05) is 5.92 Å². The van der Waals surface area contributed by atoms with Crippen LogP contribution in [0.5, 0.6) is 0 Å². The van der Waals surface area contributed by atoms with Crippen LogP contribution in [0.2, 0.25) is 0 Å². The Hall–Kier alpha value is -1.29. The fourth-order valence-corrected chi connectivity index (χ4v) is 0.768. The molecule has 1 heteroatoms. The summed E-state index contributed by atoms with van der Waals surface area (Å²) >= 11 is 0. The van der Waals surface area contributed by atoms with Gasteiger partial charge in [0, 0.05) is 17.5 Å². The van der Waals surface area contributed by atoms with E-state index in [9.17, 15) is 0 Å². The second-order valence-electron chi connectivity index (χ2n) is 2.06. The summed E-state index contributed by atoms with van der Waals surface area (Å²) in [7, 11) is 0. The number of hydrogen-bond donors (Lipinski definition) is 0. The summed E-state index contributed by atoms with van der Waals surface area (Å²) < 4.78 is 0. The van der Waals surface area contributed by atoms with E-state index in [4.69, 9.17) is 0 Å². The van der Waals surface area contributed by atoms with Crippen LogP contribution in [-0.2, 0) is 0 Å². The lowest BCUT2D eigenvalue weighted by Crippen LogP contribution is -1.80. The van der Waals surface area contributed by atoms with Crippen molar-refractivity contribution in [3.63, 3.8) is 0 Å². The van der Waals surface area contributed by atoms with Crippen molar-refractivity contribution in [2.75, 3.05) is 0 Å². The standard InChI is InChI=1S/C9H9N/c1-3-4-9-5-6-10-8(2)7-9/h5-7H,1-2H3. The molecule has 1 rings (SSSR count). The molecule has 0 bridgehead atoms. The van der Waals surface area contributed by atoms with E-state index in [1.807, 2.05) is 26.0 Å². The Labute approximate surface area is 61.1 Å². The number of nitrogens with zero attached hydrogens (tertiary/aromatic N) is 1. The summed E-state index contributed by atoms with van der Waals surface area (Å²) in [5.41, 5.74) is 2.05. The van der Waals surface area contributed by atoms with Crippen LogP contribution in [0.1, 0.15) is 18.2 Å². The SMILES string of the molecule is CC#Cc1ccnc(C)c1. The summed E-state index contributed by atoms with van der Waals surface area (Å²) in [5.74, 6) is 5.79. The van der Waals surface area contributed by atoms with Gasteiger partial charge in [0.25, 0.3) is 0 Å². The quantitative estimate of drug-likeness (QED) is 0.489. The Kier molecular flexibility index (Phi) is 2.07. The maximum Gasteiger partial charge on any atom is 0.0385 e. The highest BCUT2D eigenvalue weighted by Gasteiger charge is 1.85. The van der Waals surface area contributed by atoms with Gasteiger partial charge in [-0.3, -0.25) is 4.98 Å². The third-order valence-corrected chi connectivity index (χ3v) is 1.17. The summed E-state index contributed by atoms with van der Waals surface area (Å²) in [5, 5.41) is 0. The molecule has 0 aliphatic heterocycles. The molecule has 1 nitrogen and oxygen atoms in total. The Morgan fingerprint density at radius 1 is 1.50 bits per heavy atom. The minimum atomic E-state index is 1.01. The lowest BCUT2D eigenvalue weighted by Gasteiger charge is -1.90. The Morgan fingerprint density at radius 3 is 2.90 bits per heavy atom. The molecule has 0 N–H and O–H groups in total. The van der Waals surface area contributed by atoms with Gasteiger partial charge >= 0.3 is 0 Å². The second kappa shape index (κ2) is 3.03. The summed E-state index contributed by atoms with van der Waals surface area (Å²) in [6, 6.07) is 3.88. The van der Waals surface area contributed by atoms with Crippen molar-refractivity contribution in [3.8, 4) is 11.8 Å². The van der Waals surface area contributed by atoms with Gasteiger partial charge in [0.05, 0.1) is 0 Å². The molecule has 0 aliphatic rings. The highest BCUT2D eigenvalue weighted by atomic mass is 14.6. The van der Waals surface area contributed by atoms with Crippen LogP contribution < -0.4 is 0 Å². The van der Waals surface area contributed by atoms with Crippen LogP contribution in [0.15, 0.2) is 18.3 Å². The monoisotopic (exact) mass is 131 g/mol. The van der Waals surface area contributed by atoms with Crippen LogP contribution in [-0.4, -0.2) is 4.98 Å². The van der Waals surface area contributed by atoms with Gasteiger partial charge in [-0.2, -0.15) is 0 Å². The van der Waals surface area contributed by atoms with Gasteiger partial charge < -0.3 is 0 Å². The van der Waals surface area contributed by atoms with E-state index in [0.717, 1.165) is 11.3 Å². The van der Waals surface area contributed by atoms with Crippen molar-refractivity contribution in [2.45, 2.75) is 13.8 Å². The van der Waals surface area contributed by atoms with Gasteiger partial charge in [-0.25, -0.2) is 0 Å². The van der Waals surface area contributed by atoms with Crippen molar-refractivity contribution in [2.24, 2.45) is 0 Å². The largest absolute Gasteiger partial charge is 0.262 e. The number of hydrogen-bond acceptors (Lipinski definition) is 1. The number of aromatic nitrogens is 1. The van der Waals surface area contributed by atoms with E-state index in [2.05, 4.69) is 16.8 Å². The molecule has 0 atom stereocenters. The van der Waals surface area contributed by atoms with Crippen LogP contribution in [0, 0.1) is 18.8 Å². The molecule has 1 heterocycles. The predicted molar refractivity (Wildman–Crippen MR) is 41.5 cm³/mol.